The van der Waals surface area contributed by atoms with E-state index in [9.17, 15) is 19.2 Å². The van der Waals surface area contributed by atoms with E-state index >= 15 is 0 Å². The number of amides is 2. The molecule has 130 valence electrons. The average Bonchev–Trinajstić information content (AvgIpc) is 2.47. The lowest BCUT2D eigenvalue weighted by Crippen LogP contribution is -2.26. The molecule has 0 heterocycles. The number of carbonyl (C=O) groups excluding carboxylic acids is 2. The SMILES string of the molecule is CN(C)c1cc(NC(=O)C(=O)O)c(NC(=O)C(=O)O)cc1N(C)C. The highest BCUT2D eigenvalue weighted by atomic mass is 16.4. The van der Waals surface area contributed by atoms with Gasteiger partial charge in [0, 0.05) is 28.2 Å². The van der Waals surface area contributed by atoms with Crippen molar-refractivity contribution in [2.75, 3.05) is 48.6 Å². The first kappa shape index (κ1) is 18.7. The van der Waals surface area contributed by atoms with E-state index in [1.54, 1.807) is 38.0 Å². The summed E-state index contributed by atoms with van der Waals surface area (Å²) < 4.78 is 0. The van der Waals surface area contributed by atoms with Crippen LogP contribution in [0.5, 0.6) is 0 Å². The molecule has 0 aliphatic carbocycles. The van der Waals surface area contributed by atoms with Gasteiger partial charge >= 0.3 is 23.8 Å². The molecule has 0 radical (unpaired) electrons. The van der Waals surface area contributed by atoms with Gasteiger partial charge in [0.05, 0.1) is 22.7 Å². The van der Waals surface area contributed by atoms with Crippen molar-refractivity contribution in [1.29, 1.82) is 0 Å². The van der Waals surface area contributed by atoms with Crippen LogP contribution >= 0.6 is 0 Å². The third-order valence-corrected chi connectivity index (χ3v) is 2.96. The third-order valence-electron chi connectivity index (χ3n) is 2.96. The Morgan fingerprint density at radius 1 is 0.750 bits per heavy atom. The Balaban J connectivity index is 3.47. The van der Waals surface area contributed by atoms with Crippen LogP contribution in [0.1, 0.15) is 0 Å². The molecule has 1 aromatic rings. The van der Waals surface area contributed by atoms with Crippen molar-refractivity contribution in [1.82, 2.24) is 0 Å². The Morgan fingerprint density at radius 3 is 1.25 bits per heavy atom. The van der Waals surface area contributed by atoms with Gasteiger partial charge in [-0.25, -0.2) is 9.59 Å². The fourth-order valence-electron chi connectivity index (χ4n) is 1.85. The van der Waals surface area contributed by atoms with Crippen LogP contribution in [0.15, 0.2) is 12.1 Å². The van der Waals surface area contributed by atoms with E-state index in [1.165, 1.54) is 12.1 Å². The van der Waals surface area contributed by atoms with Crippen molar-refractivity contribution < 1.29 is 29.4 Å². The number of aliphatic carboxylic acids is 2. The Kier molecular flexibility index (Phi) is 5.71. The molecule has 0 saturated heterocycles. The largest absolute Gasteiger partial charge is 0.474 e. The average molecular weight is 338 g/mol. The zero-order chi connectivity index (χ0) is 18.6. The maximum Gasteiger partial charge on any atom is 0.394 e. The molecule has 0 aromatic heterocycles. The zero-order valence-electron chi connectivity index (χ0n) is 13.6. The number of carbonyl (C=O) groups is 4. The van der Waals surface area contributed by atoms with Gasteiger partial charge in [0.25, 0.3) is 0 Å². The normalized spacial score (nSPS) is 9.83. The van der Waals surface area contributed by atoms with Gasteiger partial charge in [0.15, 0.2) is 0 Å². The van der Waals surface area contributed by atoms with Crippen molar-refractivity contribution in [3.63, 3.8) is 0 Å². The Labute approximate surface area is 137 Å². The molecule has 0 fully saturated rings. The summed E-state index contributed by atoms with van der Waals surface area (Å²) in [5.74, 6) is -6.06. The molecular formula is C14H18N4O6. The Bertz CT molecular complexity index is 640. The summed E-state index contributed by atoms with van der Waals surface area (Å²) in [6, 6.07) is 2.88. The first-order chi connectivity index (χ1) is 11.0. The predicted octanol–water partition coefficient (Wildman–Crippen LogP) is -0.135. The Morgan fingerprint density at radius 2 is 1.04 bits per heavy atom. The molecule has 1 aromatic carbocycles. The number of hydrogen-bond donors (Lipinski definition) is 4. The van der Waals surface area contributed by atoms with Crippen molar-refractivity contribution in [3.8, 4) is 0 Å². The molecule has 0 unspecified atom stereocenters. The van der Waals surface area contributed by atoms with Gasteiger partial charge in [-0.05, 0) is 12.1 Å². The minimum absolute atomic E-state index is 0.0358. The van der Waals surface area contributed by atoms with Crippen LogP contribution < -0.4 is 20.4 Å². The minimum Gasteiger partial charge on any atom is -0.474 e. The first-order valence-corrected chi connectivity index (χ1v) is 6.65. The highest BCUT2D eigenvalue weighted by Crippen LogP contribution is 2.36. The summed E-state index contributed by atoms with van der Waals surface area (Å²) >= 11 is 0. The fourth-order valence-corrected chi connectivity index (χ4v) is 1.85. The van der Waals surface area contributed by atoms with Crippen LogP contribution in [-0.2, 0) is 19.2 Å². The molecule has 0 atom stereocenters. The second-order valence-corrected chi connectivity index (χ2v) is 5.19. The fraction of sp³-hybridized carbons (Fsp3) is 0.286. The lowest BCUT2D eigenvalue weighted by atomic mass is 10.1. The summed E-state index contributed by atoms with van der Waals surface area (Å²) in [6.07, 6.45) is 0. The maximum absolute atomic E-state index is 11.4. The summed E-state index contributed by atoms with van der Waals surface area (Å²) in [6.45, 7) is 0. The van der Waals surface area contributed by atoms with E-state index in [0.29, 0.717) is 11.4 Å². The molecule has 10 nitrogen and oxygen atoms in total. The van der Waals surface area contributed by atoms with Gasteiger partial charge in [-0.3, -0.25) is 9.59 Å². The van der Waals surface area contributed by atoms with Crippen molar-refractivity contribution in [3.05, 3.63) is 12.1 Å². The molecule has 1 rings (SSSR count). The topological polar surface area (TPSA) is 139 Å². The molecule has 10 heteroatoms. The standard InChI is InChI=1S/C14H18N4O6/c1-17(2)9-5-7(15-11(19)13(21)22)8(6-10(9)18(3)4)16-12(20)14(23)24/h5-6H,1-4H3,(H,15,19)(H,16,20)(H,21,22)(H,23,24). The van der Waals surface area contributed by atoms with Crippen LogP contribution in [0.3, 0.4) is 0 Å². The van der Waals surface area contributed by atoms with Crippen LogP contribution in [-0.4, -0.2) is 62.2 Å². The maximum atomic E-state index is 11.4. The molecule has 24 heavy (non-hydrogen) atoms. The molecular weight excluding hydrogens is 320 g/mol. The lowest BCUT2D eigenvalue weighted by Gasteiger charge is -2.25. The number of nitrogens with zero attached hydrogens (tertiary/aromatic N) is 2. The van der Waals surface area contributed by atoms with Gasteiger partial charge in [0.1, 0.15) is 0 Å². The smallest absolute Gasteiger partial charge is 0.394 e. The van der Waals surface area contributed by atoms with Crippen LogP contribution in [0, 0.1) is 0 Å². The predicted molar refractivity (Wildman–Crippen MR) is 87.6 cm³/mol. The van der Waals surface area contributed by atoms with Crippen LogP contribution in [0.25, 0.3) is 0 Å². The van der Waals surface area contributed by atoms with Crippen LogP contribution in [0.2, 0.25) is 0 Å². The second kappa shape index (κ2) is 7.31. The Hall–Kier alpha value is -3.30. The molecule has 0 spiro atoms. The summed E-state index contributed by atoms with van der Waals surface area (Å²) in [4.78, 5) is 47.7. The number of carboxylic acid groups (broad SMARTS) is 2. The molecule has 0 aliphatic rings. The quantitative estimate of drug-likeness (QED) is 0.557. The highest BCUT2D eigenvalue weighted by Gasteiger charge is 2.20. The first-order valence-electron chi connectivity index (χ1n) is 6.65. The van der Waals surface area contributed by atoms with Gasteiger partial charge < -0.3 is 30.6 Å². The molecule has 0 aliphatic heterocycles. The number of carboxylic acids is 2. The van der Waals surface area contributed by atoms with E-state index < -0.39 is 23.8 Å². The molecule has 0 saturated carbocycles. The van der Waals surface area contributed by atoms with Crippen molar-refractivity contribution >= 4 is 46.5 Å². The zero-order valence-corrected chi connectivity index (χ0v) is 13.6. The van der Waals surface area contributed by atoms with E-state index in [2.05, 4.69) is 10.6 Å². The molecule has 0 bridgehead atoms. The number of anilines is 4. The number of benzene rings is 1. The molecule has 4 N–H and O–H groups in total. The van der Waals surface area contributed by atoms with Crippen molar-refractivity contribution in [2.45, 2.75) is 0 Å². The monoisotopic (exact) mass is 338 g/mol. The highest BCUT2D eigenvalue weighted by molar-refractivity contribution is 6.38. The van der Waals surface area contributed by atoms with Crippen LogP contribution in [0.4, 0.5) is 22.7 Å². The van der Waals surface area contributed by atoms with Gasteiger partial charge in [-0.1, -0.05) is 0 Å². The molecule has 2 amide bonds. The van der Waals surface area contributed by atoms with E-state index in [-0.39, 0.29) is 11.4 Å². The number of rotatable bonds is 4. The number of nitrogens with one attached hydrogen (secondary N) is 2. The van der Waals surface area contributed by atoms with E-state index in [0.717, 1.165) is 0 Å². The van der Waals surface area contributed by atoms with E-state index in [4.69, 9.17) is 10.2 Å². The van der Waals surface area contributed by atoms with Crippen molar-refractivity contribution in [2.24, 2.45) is 0 Å². The van der Waals surface area contributed by atoms with Gasteiger partial charge in [-0.2, -0.15) is 0 Å². The lowest BCUT2D eigenvalue weighted by molar-refractivity contribution is -0.147. The summed E-state index contributed by atoms with van der Waals surface area (Å²) in [5.41, 5.74) is 1.17. The minimum atomic E-state index is -1.71. The van der Waals surface area contributed by atoms with E-state index in [1.807, 2.05) is 0 Å². The number of hydrogen-bond acceptors (Lipinski definition) is 6. The second-order valence-electron chi connectivity index (χ2n) is 5.19. The summed E-state index contributed by atoms with van der Waals surface area (Å²) in [5, 5.41) is 21.7. The van der Waals surface area contributed by atoms with Gasteiger partial charge in [-0.15, -0.1) is 0 Å². The third kappa shape index (κ3) is 4.35. The van der Waals surface area contributed by atoms with Gasteiger partial charge in [0.2, 0.25) is 0 Å². The summed E-state index contributed by atoms with van der Waals surface area (Å²) in [7, 11) is 6.95.